The van der Waals surface area contributed by atoms with Crippen LogP contribution in [-0.4, -0.2) is 30.9 Å². The monoisotopic (exact) mass is 366 g/mol. The molecule has 0 spiro atoms. The van der Waals surface area contributed by atoms with Crippen molar-refractivity contribution in [2.75, 3.05) is 5.75 Å². The fourth-order valence-electron chi connectivity index (χ4n) is 2.84. The third kappa shape index (κ3) is 3.51. The van der Waals surface area contributed by atoms with Gasteiger partial charge >= 0.3 is 0 Å². The normalized spacial score (nSPS) is 10.9. The summed E-state index contributed by atoms with van der Waals surface area (Å²) in [5.74, 6) is 1.21. The van der Waals surface area contributed by atoms with Crippen LogP contribution < -0.4 is 0 Å². The van der Waals surface area contributed by atoms with Gasteiger partial charge in [0.2, 0.25) is 0 Å². The van der Waals surface area contributed by atoms with E-state index in [4.69, 9.17) is 0 Å². The molecule has 2 heterocycles. The van der Waals surface area contributed by atoms with Crippen molar-refractivity contribution >= 4 is 17.5 Å². The Balaban J connectivity index is 1.82. The number of hydrogen-bond acceptors (Lipinski definition) is 4. The molecule has 0 aliphatic carbocycles. The molecule has 0 aliphatic rings. The highest BCUT2D eigenvalue weighted by molar-refractivity contribution is 7.99. The summed E-state index contributed by atoms with van der Waals surface area (Å²) in [5.41, 5.74) is 3.84. The summed E-state index contributed by atoms with van der Waals surface area (Å²) in [5, 5.41) is 9.34. The average molecular weight is 366 g/mol. The third-order valence-electron chi connectivity index (χ3n) is 4.47. The predicted molar refractivity (Wildman–Crippen MR) is 106 cm³/mol. The van der Waals surface area contributed by atoms with Crippen molar-refractivity contribution in [1.29, 1.82) is 0 Å². The summed E-state index contributed by atoms with van der Waals surface area (Å²) in [6, 6.07) is 11.9. The van der Waals surface area contributed by atoms with Gasteiger partial charge in [0.25, 0.3) is 0 Å². The van der Waals surface area contributed by atoms with Crippen LogP contribution in [0.25, 0.3) is 11.4 Å². The van der Waals surface area contributed by atoms with Gasteiger partial charge in [-0.3, -0.25) is 9.36 Å². The van der Waals surface area contributed by atoms with E-state index in [1.54, 1.807) is 0 Å². The number of benzene rings is 1. The summed E-state index contributed by atoms with van der Waals surface area (Å²) in [4.78, 5) is 12.6. The van der Waals surface area contributed by atoms with Gasteiger partial charge in [0.15, 0.2) is 16.8 Å². The van der Waals surface area contributed by atoms with Crippen LogP contribution in [0, 0.1) is 13.8 Å². The number of rotatable bonds is 7. The van der Waals surface area contributed by atoms with Crippen molar-refractivity contribution in [3.63, 3.8) is 0 Å². The molecule has 0 fully saturated rings. The Kier molecular flexibility index (Phi) is 5.42. The first-order valence-electron chi connectivity index (χ1n) is 8.41. The van der Waals surface area contributed by atoms with Gasteiger partial charge in [-0.1, -0.05) is 48.2 Å². The number of hydrogen-bond donors (Lipinski definition) is 0. The van der Waals surface area contributed by atoms with E-state index in [2.05, 4.69) is 16.8 Å². The van der Waals surface area contributed by atoms with Crippen molar-refractivity contribution in [2.24, 2.45) is 7.05 Å². The largest absolute Gasteiger partial charge is 0.351 e. The lowest BCUT2D eigenvalue weighted by Gasteiger charge is -2.07. The molecule has 5 nitrogen and oxygen atoms in total. The van der Waals surface area contributed by atoms with Gasteiger partial charge in [0.05, 0.1) is 5.75 Å². The van der Waals surface area contributed by atoms with Crippen LogP contribution in [-0.2, 0) is 13.6 Å². The topological polar surface area (TPSA) is 52.7 Å². The second-order valence-electron chi connectivity index (χ2n) is 6.13. The fraction of sp³-hybridized carbons (Fsp3) is 0.250. The molecule has 3 rings (SSSR count). The first-order valence-corrected chi connectivity index (χ1v) is 9.40. The number of Topliss-reactive ketones (excluding diaryl/α,β-unsaturated/α-hetero) is 1. The summed E-state index contributed by atoms with van der Waals surface area (Å²) >= 11 is 1.41. The molecule has 0 bridgehead atoms. The van der Waals surface area contributed by atoms with Gasteiger partial charge in [-0.05, 0) is 19.9 Å². The molecule has 0 saturated carbocycles. The Labute approximate surface area is 157 Å². The Hall–Kier alpha value is -2.60. The Morgan fingerprint density at radius 2 is 1.96 bits per heavy atom. The quantitative estimate of drug-likeness (QED) is 0.359. The molecule has 0 amide bonds. The average Bonchev–Trinajstić information content (AvgIpc) is 3.17. The van der Waals surface area contributed by atoms with E-state index >= 15 is 0 Å². The molecule has 0 atom stereocenters. The zero-order chi connectivity index (χ0) is 18.7. The molecule has 134 valence electrons. The van der Waals surface area contributed by atoms with Crippen LogP contribution in [0.15, 0.2) is 54.2 Å². The van der Waals surface area contributed by atoms with E-state index in [-0.39, 0.29) is 5.78 Å². The highest BCUT2D eigenvalue weighted by Crippen LogP contribution is 2.25. The van der Waals surface area contributed by atoms with Gasteiger partial charge in [-0.2, -0.15) is 0 Å². The maximum Gasteiger partial charge on any atom is 0.192 e. The minimum atomic E-state index is 0.102. The lowest BCUT2D eigenvalue weighted by molar-refractivity contribution is 0.102. The van der Waals surface area contributed by atoms with E-state index in [9.17, 15) is 4.79 Å². The molecule has 0 saturated heterocycles. The Morgan fingerprint density at radius 1 is 1.23 bits per heavy atom. The Morgan fingerprint density at radius 3 is 2.58 bits per heavy atom. The number of carbonyl (C=O) groups is 1. The van der Waals surface area contributed by atoms with Gasteiger partial charge < -0.3 is 4.57 Å². The van der Waals surface area contributed by atoms with Crippen molar-refractivity contribution in [3.8, 4) is 11.4 Å². The molecule has 26 heavy (non-hydrogen) atoms. The highest BCUT2D eigenvalue weighted by atomic mass is 32.2. The number of aromatic nitrogens is 4. The summed E-state index contributed by atoms with van der Waals surface area (Å²) in [7, 11) is 1.97. The first-order chi connectivity index (χ1) is 12.5. The molecule has 0 radical (unpaired) electrons. The molecule has 0 aliphatic heterocycles. The third-order valence-corrected chi connectivity index (χ3v) is 5.44. The number of nitrogens with zero attached hydrogens (tertiary/aromatic N) is 4. The van der Waals surface area contributed by atoms with Crippen LogP contribution in [0.3, 0.4) is 0 Å². The second-order valence-corrected chi connectivity index (χ2v) is 7.07. The molecule has 6 heteroatoms. The minimum Gasteiger partial charge on any atom is -0.351 e. The van der Waals surface area contributed by atoms with Crippen LogP contribution in [0.2, 0.25) is 0 Å². The summed E-state index contributed by atoms with van der Waals surface area (Å²) < 4.78 is 4.02. The number of thioether (sulfide) groups is 1. The molecule has 1 aromatic carbocycles. The fourth-order valence-corrected chi connectivity index (χ4v) is 3.67. The van der Waals surface area contributed by atoms with Crippen molar-refractivity contribution < 1.29 is 4.79 Å². The molecule has 0 unspecified atom stereocenters. The smallest absolute Gasteiger partial charge is 0.192 e. The number of allylic oxidation sites excluding steroid dienone is 1. The van der Waals surface area contributed by atoms with Crippen LogP contribution >= 0.6 is 11.8 Å². The van der Waals surface area contributed by atoms with E-state index in [0.717, 1.165) is 33.5 Å². The number of ketones is 1. The lowest BCUT2D eigenvalue weighted by Crippen LogP contribution is -2.06. The zero-order valence-electron chi connectivity index (χ0n) is 15.3. The van der Waals surface area contributed by atoms with Gasteiger partial charge in [-0.15, -0.1) is 16.8 Å². The summed E-state index contributed by atoms with van der Waals surface area (Å²) in [6.45, 7) is 8.39. The maximum atomic E-state index is 12.6. The highest BCUT2D eigenvalue weighted by Gasteiger charge is 2.18. The lowest BCUT2D eigenvalue weighted by atomic mass is 10.2. The van der Waals surface area contributed by atoms with E-state index in [1.807, 2.05) is 72.5 Å². The van der Waals surface area contributed by atoms with Crippen LogP contribution in [0.5, 0.6) is 0 Å². The Bertz CT molecular complexity index is 940. The molecular weight excluding hydrogens is 344 g/mol. The van der Waals surface area contributed by atoms with Crippen molar-refractivity contribution in [3.05, 3.63) is 66.0 Å². The van der Waals surface area contributed by atoms with E-state index in [1.165, 1.54) is 11.8 Å². The number of aryl methyl sites for hydroxylation is 1. The summed E-state index contributed by atoms with van der Waals surface area (Å²) in [6.07, 6.45) is 1.81. The molecule has 2 aromatic heterocycles. The zero-order valence-corrected chi connectivity index (χ0v) is 16.1. The van der Waals surface area contributed by atoms with Crippen molar-refractivity contribution in [1.82, 2.24) is 19.3 Å². The number of carbonyl (C=O) groups excluding carboxylic acids is 1. The van der Waals surface area contributed by atoms with Crippen molar-refractivity contribution in [2.45, 2.75) is 25.5 Å². The SMILES string of the molecule is C=CCn1c(SCC(=O)c2cc(C)n(C)c2C)nnc1-c1ccccc1. The van der Waals surface area contributed by atoms with E-state index in [0.29, 0.717) is 12.3 Å². The van der Waals surface area contributed by atoms with Crippen LogP contribution in [0.4, 0.5) is 0 Å². The van der Waals surface area contributed by atoms with Gasteiger partial charge in [0.1, 0.15) is 0 Å². The van der Waals surface area contributed by atoms with Gasteiger partial charge in [0, 0.05) is 36.1 Å². The molecule has 0 N–H and O–H groups in total. The van der Waals surface area contributed by atoms with E-state index < -0.39 is 0 Å². The minimum absolute atomic E-state index is 0.102. The molecule has 3 aromatic rings. The molecular formula is C20H22N4OS. The second kappa shape index (κ2) is 7.74. The standard InChI is InChI=1S/C20H22N4OS/c1-5-11-24-19(16-9-7-6-8-10-16)21-22-20(24)26-13-18(25)17-12-14(2)23(4)15(17)3/h5-10,12H,1,11,13H2,2-4H3. The predicted octanol–water partition coefficient (Wildman–Crippen LogP) is 4.06. The van der Waals surface area contributed by atoms with Crippen LogP contribution in [0.1, 0.15) is 21.7 Å². The van der Waals surface area contributed by atoms with Gasteiger partial charge in [-0.25, -0.2) is 0 Å². The maximum absolute atomic E-state index is 12.6. The first kappa shape index (κ1) is 18.2.